The van der Waals surface area contributed by atoms with Gasteiger partial charge in [0.25, 0.3) is 0 Å². The van der Waals surface area contributed by atoms with Gasteiger partial charge in [-0.1, -0.05) is 0 Å². The summed E-state index contributed by atoms with van der Waals surface area (Å²) in [7, 11) is 1.21. The van der Waals surface area contributed by atoms with Crippen LogP contribution in [0.1, 0.15) is 16.8 Å². The van der Waals surface area contributed by atoms with Crippen LogP contribution in [0.4, 0.5) is 4.79 Å². The highest BCUT2D eigenvalue weighted by Crippen LogP contribution is 2.21. The van der Waals surface area contributed by atoms with E-state index in [0.29, 0.717) is 16.8 Å². The molecule has 7 nitrogen and oxygen atoms in total. The summed E-state index contributed by atoms with van der Waals surface area (Å²) in [6, 6.07) is 0. The number of nitrogens with one attached hydrogen (secondary N) is 1. The van der Waals surface area contributed by atoms with E-state index in [1.165, 1.54) is 19.5 Å². The van der Waals surface area contributed by atoms with Crippen LogP contribution in [0.3, 0.4) is 0 Å². The number of nitrogens with zero attached hydrogens (tertiary/aromatic N) is 2. The number of amides is 1. The monoisotopic (exact) mass is 239 g/mol. The first-order valence-electron chi connectivity index (χ1n) is 4.75. The number of methoxy groups -OCH3 is 1. The van der Waals surface area contributed by atoms with Crippen molar-refractivity contribution in [1.82, 2.24) is 10.4 Å². The van der Waals surface area contributed by atoms with Crippen molar-refractivity contribution < 1.29 is 19.7 Å². The Hall–Kier alpha value is -2.15. The van der Waals surface area contributed by atoms with Crippen LogP contribution in [0, 0.1) is 6.92 Å². The average Bonchev–Trinajstić information content (AvgIpc) is 2.34. The summed E-state index contributed by atoms with van der Waals surface area (Å²) in [5, 5.41) is 22.4. The number of hydrazone groups is 1. The lowest BCUT2D eigenvalue weighted by Gasteiger charge is -2.06. The number of rotatable bonds is 3. The highest BCUT2D eigenvalue weighted by Gasteiger charge is 2.09. The molecule has 0 aliphatic carbocycles. The first-order valence-corrected chi connectivity index (χ1v) is 4.75. The SMILES string of the molecule is COC(=O)N/N=C\c1c(CO)cnc(C)c1O. The van der Waals surface area contributed by atoms with Crippen molar-refractivity contribution in [1.29, 1.82) is 0 Å². The highest BCUT2D eigenvalue weighted by atomic mass is 16.5. The molecule has 92 valence electrons. The zero-order valence-electron chi connectivity index (χ0n) is 9.47. The Morgan fingerprint density at radius 3 is 3.00 bits per heavy atom. The maximum Gasteiger partial charge on any atom is 0.427 e. The lowest BCUT2D eigenvalue weighted by Crippen LogP contribution is -2.17. The quantitative estimate of drug-likeness (QED) is 0.519. The largest absolute Gasteiger partial charge is 0.505 e. The second-order valence-electron chi connectivity index (χ2n) is 3.15. The number of aliphatic hydroxyl groups excluding tert-OH is 1. The Balaban J connectivity index is 2.96. The molecule has 0 atom stereocenters. The predicted molar refractivity (Wildman–Crippen MR) is 59.7 cm³/mol. The molecule has 0 fully saturated rings. The second-order valence-corrected chi connectivity index (χ2v) is 3.15. The van der Waals surface area contributed by atoms with Crippen LogP contribution in [0.5, 0.6) is 5.75 Å². The summed E-state index contributed by atoms with van der Waals surface area (Å²) in [6.45, 7) is 1.32. The fraction of sp³-hybridized carbons (Fsp3) is 0.300. The van der Waals surface area contributed by atoms with Gasteiger partial charge in [0, 0.05) is 17.3 Å². The van der Waals surface area contributed by atoms with Gasteiger partial charge in [-0.05, 0) is 6.92 Å². The summed E-state index contributed by atoms with van der Waals surface area (Å²) >= 11 is 0. The molecule has 0 spiro atoms. The maximum atomic E-state index is 10.7. The van der Waals surface area contributed by atoms with Crippen molar-refractivity contribution in [2.45, 2.75) is 13.5 Å². The number of aryl methyl sites for hydroxylation is 1. The second kappa shape index (κ2) is 5.80. The molecule has 0 aromatic carbocycles. The van der Waals surface area contributed by atoms with Gasteiger partial charge in [0.15, 0.2) is 0 Å². The molecule has 1 aromatic rings. The van der Waals surface area contributed by atoms with E-state index in [1.807, 2.05) is 0 Å². The molecule has 0 aliphatic heterocycles. The number of hydrogen-bond donors (Lipinski definition) is 3. The lowest BCUT2D eigenvalue weighted by atomic mass is 10.1. The number of ether oxygens (including phenoxy) is 1. The third kappa shape index (κ3) is 3.15. The van der Waals surface area contributed by atoms with Gasteiger partial charge in [0.1, 0.15) is 5.75 Å². The third-order valence-electron chi connectivity index (χ3n) is 2.06. The lowest BCUT2D eigenvalue weighted by molar-refractivity contribution is 0.171. The summed E-state index contributed by atoms with van der Waals surface area (Å²) < 4.78 is 4.31. The van der Waals surface area contributed by atoms with Crippen molar-refractivity contribution in [2.24, 2.45) is 5.10 Å². The fourth-order valence-corrected chi connectivity index (χ4v) is 1.12. The minimum atomic E-state index is -0.725. The van der Waals surface area contributed by atoms with Crippen LogP contribution in [-0.2, 0) is 11.3 Å². The molecule has 1 heterocycles. The van der Waals surface area contributed by atoms with Gasteiger partial charge >= 0.3 is 6.09 Å². The van der Waals surface area contributed by atoms with E-state index in [-0.39, 0.29) is 12.4 Å². The van der Waals surface area contributed by atoms with Gasteiger partial charge in [0.05, 0.1) is 25.6 Å². The Bertz CT molecular complexity index is 445. The van der Waals surface area contributed by atoms with Crippen LogP contribution in [0.2, 0.25) is 0 Å². The highest BCUT2D eigenvalue weighted by molar-refractivity contribution is 5.86. The van der Waals surface area contributed by atoms with Crippen molar-refractivity contribution in [3.8, 4) is 5.75 Å². The minimum Gasteiger partial charge on any atom is -0.505 e. The van der Waals surface area contributed by atoms with Gasteiger partial charge in [0.2, 0.25) is 0 Å². The molecule has 0 saturated heterocycles. The van der Waals surface area contributed by atoms with Crippen molar-refractivity contribution >= 4 is 12.3 Å². The molecule has 1 aromatic heterocycles. The normalized spacial score (nSPS) is 10.5. The number of aromatic nitrogens is 1. The van der Waals surface area contributed by atoms with Crippen molar-refractivity contribution in [3.63, 3.8) is 0 Å². The predicted octanol–water partition coefficient (Wildman–Crippen LogP) is 0.278. The van der Waals surface area contributed by atoms with Crippen LogP contribution in [0.25, 0.3) is 0 Å². The van der Waals surface area contributed by atoms with E-state index >= 15 is 0 Å². The van der Waals surface area contributed by atoms with E-state index in [1.54, 1.807) is 6.92 Å². The Morgan fingerprint density at radius 1 is 1.71 bits per heavy atom. The number of aromatic hydroxyl groups is 1. The van der Waals surface area contributed by atoms with E-state index in [9.17, 15) is 9.90 Å². The Morgan fingerprint density at radius 2 is 2.41 bits per heavy atom. The third-order valence-corrected chi connectivity index (χ3v) is 2.06. The summed E-state index contributed by atoms with van der Waals surface area (Å²) in [6.07, 6.45) is 1.91. The van der Waals surface area contributed by atoms with Crippen LogP contribution in [-0.4, -0.2) is 34.6 Å². The summed E-state index contributed by atoms with van der Waals surface area (Å²) in [4.78, 5) is 14.6. The van der Waals surface area contributed by atoms with E-state index < -0.39 is 6.09 Å². The molecule has 17 heavy (non-hydrogen) atoms. The molecule has 0 saturated carbocycles. The molecular weight excluding hydrogens is 226 g/mol. The molecule has 0 unspecified atom stereocenters. The topological polar surface area (TPSA) is 104 Å². The minimum absolute atomic E-state index is 0.0908. The average molecular weight is 239 g/mol. The first kappa shape index (κ1) is 12.9. The zero-order chi connectivity index (χ0) is 12.8. The molecule has 1 amide bonds. The van der Waals surface area contributed by atoms with Crippen LogP contribution >= 0.6 is 0 Å². The van der Waals surface area contributed by atoms with Gasteiger partial charge in [-0.2, -0.15) is 5.10 Å². The van der Waals surface area contributed by atoms with Gasteiger partial charge in [-0.25, -0.2) is 10.2 Å². The maximum absolute atomic E-state index is 10.7. The Kier molecular flexibility index (Phi) is 4.41. The molecule has 3 N–H and O–H groups in total. The van der Waals surface area contributed by atoms with Gasteiger partial charge in [-0.3, -0.25) is 4.98 Å². The standard InChI is InChI=1S/C10H13N3O4/c1-6-9(15)8(7(5-14)3-11-6)4-12-13-10(16)17-2/h3-4,14-15H,5H2,1-2H3,(H,13,16)/b12-4-. The summed E-state index contributed by atoms with van der Waals surface area (Å²) in [5.41, 5.74) is 3.19. The molecule has 7 heteroatoms. The number of hydrogen-bond acceptors (Lipinski definition) is 6. The number of pyridine rings is 1. The van der Waals surface area contributed by atoms with E-state index in [4.69, 9.17) is 5.11 Å². The number of carbonyl (C=O) groups excluding carboxylic acids is 1. The Labute approximate surface area is 97.8 Å². The van der Waals surface area contributed by atoms with Crippen LogP contribution < -0.4 is 5.43 Å². The van der Waals surface area contributed by atoms with Gasteiger partial charge < -0.3 is 14.9 Å². The number of aliphatic hydroxyl groups is 1. The first-order chi connectivity index (χ1) is 8.10. The van der Waals surface area contributed by atoms with E-state index in [2.05, 4.69) is 20.2 Å². The molecule has 0 bridgehead atoms. The zero-order valence-corrected chi connectivity index (χ0v) is 9.47. The smallest absolute Gasteiger partial charge is 0.427 e. The molecule has 0 aliphatic rings. The molecular formula is C10H13N3O4. The molecule has 1 rings (SSSR count). The van der Waals surface area contributed by atoms with Crippen LogP contribution in [0.15, 0.2) is 11.3 Å². The van der Waals surface area contributed by atoms with Crippen molar-refractivity contribution in [2.75, 3.05) is 7.11 Å². The number of carbonyl (C=O) groups is 1. The summed E-state index contributed by atoms with van der Waals surface area (Å²) in [5.74, 6) is -0.0908. The van der Waals surface area contributed by atoms with Gasteiger partial charge in [-0.15, -0.1) is 0 Å². The fourth-order valence-electron chi connectivity index (χ4n) is 1.12. The van der Waals surface area contributed by atoms with E-state index in [0.717, 1.165) is 0 Å². The van der Waals surface area contributed by atoms with Crippen molar-refractivity contribution in [3.05, 3.63) is 23.0 Å². The molecule has 0 radical (unpaired) electrons.